The molecule has 6 nitrogen and oxygen atoms in total. The van der Waals surface area contributed by atoms with Crippen LogP contribution in [0.15, 0.2) is 71.6 Å². The number of aryl methyl sites for hydroxylation is 1. The Morgan fingerprint density at radius 1 is 0.900 bits per heavy atom. The van der Waals surface area contributed by atoms with Gasteiger partial charge in [-0.25, -0.2) is 8.42 Å². The van der Waals surface area contributed by atoms with Crippen molar-refractivity contribution in [2.45, 2.75) is 18.7 Å². The van der Waals surface area contributed by atoms with Crippen molar-refractivity contribution in [1.82, 2.24) is 0 Å². The van der Waals surface area contributed by atoms with Gasteiger partial charge < -0.3 is 5.32 Å². The number of rotatable bonds is 6. The zero-order chi connectivity index (χ0) is 21.9. The van der Waals surface area contributed by atoms with Crippen LogP contribution < -0.4 is 10.0 Å². The first kappa shape index (κ1) is 21.5. The van der Waals surface area contributed by atoms with E-state index in [0.29, 0.717) is 21.8 Å². The molecule has 0 bridgehead atoms. The van der Waals surface area contributed by atoms with Crippen LogP contribution in [0.3, 0.4) is 0 Å². The third kappa shape index (κ3) is 4.87. The van der Waals surface area contributed by atoms with Crippen molar-refractivity contribution in [3.8, 4) is 0 Å². The minimum atomic E-state index is -3.99. The van der Waals surface area contributed by atoms with Gasteiger partial charge in [-0.3, -0.25) is 14.3 Å². The molecule has 0 atom stereocenters. The summed E-state index contributed by atoms with van der Waals surface area (Å²) in [5.74, 6) is -0.606. The molecule has 0 aliphatic carbocycles. The molecule has 0 aliphatic heterocycles. The molecule has 8 heteroatoms. The number of hydrogen-bond donors (Lipinski definition) is 2. The van der Waals surface area contributed by atoms with Crippen LogP contribution in [0.5, 0.6) is 0 Å². The summed E-state index contributed by atoms with van der Waals surface area (Å²) in [4.78, 5) is 24.2. The summed E-state index contributed by atoms with van der Waals surface area (Å²) < 4.78 is 28.4. The fraction of sp³-hybridized carbons (Fsp3) is 0.0909. The lowest BCUT2D eigenvalue weighted by Crippen LogP contribution is -2.16. The molecule has 0 aliphatic rings. The zero-order valence-corrected chi connectivity index (χ0v) is 17.8. The summed E-state index contributed by atoms with van der Waals surface area (Å²) in [5.41, 5.74) is 1.79. The highest BCUT2D eigenvalue weighted by Crippen LogP contribution is 2.27. The number of halogens is 1. The van der Waals surface area contributed by atoms with Gasteiger partial charge in [0.15, 0.2) is 5.78 Å². The van der Waals surface area contributed by atoms with Crippen LogP contribution in [0, 0.1) is 6.92 Å². The molecular formula is C22H19ClN2O4S. The van der Waals surface area contributed by atoms with E-state index in [1.165, 1.54) is 43.3 Å². The molecule has 3 aromatic rings. The van der Waals surface area contributed by atoms with Gasteiger partial charge in [0.05, 0.1) is 10.6 Å². The number of carbonyl (C=O) groups excluding carboxylic acids is 2. The lowest BCUT2D eigenvalue weighted by atomic mass is 10.0. The fourth-order valence-corrected chi connectivity index (χ4v) is 4.21. The van der Waals surface area contributed by atoms with Crippen molar-refractivity contribution in [3.63, 3.8) is 0 Å². The Morgan fingerprint density at radius 3 is 2.20 bits per heavy atom. The number of anilines is 2. The smallest absolute Gasteiger partial charge is 0.261 e. The maximum absolute atomic E-state index is 12.9. The first-order valence-corrected chi connectivity index (χ1v) is 10.8. The van der Waals surface area contributed by atoms with Crippen LogP contribution in [-0.2, 0) is 14.8 Å². The summed E-state index contributed by atoms with van der Waals surface area (Å²) >= 11 is 6.05. The summed E-state index contributed by atoms with van der Waals surface area (Å²) in [6.45, 7) is 3.06. The zero-order valence-electron chi connectivity index (χ0n) is 16.3. The first-order chi connectivity index (χ1) is 14.2. The lowest BCUT2D eigenvalue weighted by Gasteiger charge is -2.14. The standard InChI is InChI=1S/C22H19ClN2O4S/c1-14-12-18(9-11-20(14)24-15(2)26)30(28,29)25-21-10-8-17(23)13-19(21)22(27)16-6-4-3-5-7-16/h3-13,25H,1-2H3,(H,24,26). The molecule has 1 amide bonds. The van der Waals surface area contributed by atoms with Crippen LogP contribution in [0.4, 0.5) is 11.4 Å². The number of ketones is 1. The summed E-state index contributed by atoms with van der Waals surface area (Å²) in [6.07, 6.45) is 0. The van der Waals surface area contributed by atoms with Gasteiger partial charge in [0.25, 0.3) is 10.0 Å². The summed E-state index contributed by atoms with van der Waals surface area (Å²) in [5, 5.41) is 2.95. The van der Waals surface area contributed by atoms with Crippen molar-refractivity contribution in [3.05, 3.63) is 88.4 Å². The third-order valence-corrected chi connectivity index (χ3v) is 5.92. The molecule has 0 saturated carbocycles. The topological polar surface area (TPSA) is 92.3 Å². The van der Waals surface area contributed by atoms with Gasteiger partial charge >= 0.3 is 0 Å². The van der Waals surface area contributed by atoms with Crippen molar-refractivity contribution in [2.24, 2.45) is 0 Å². The van der Waals surface area contributed by atoms with E-state index in [1.807, 2.05) is 0 Å². The van der Waals surface area contributed by atoms with E-state index in [0.717, 1.165) is 0 Å². The predicted molar refractivity (Wildman–Crippen MR) is 118 cm³/mol. The number of carbonyl (C=O) groups is 2. The molecule has 2 N–H and O–H groups in total. The number of sulfonamides is 1. The van der Waals surface area contributed by atoms with Crippen LogP contribution in [-0.4, -0.2) is 20.1 Å². The molecule has 0 radical (unpaired) electrons. The van der Waals surface area contributed by atoms with E-state index in [-0.39, 0.29) is 27.8 Å². The van der Waals surface area contributed by atoms with Gasteiger partial charge in [-0.15, -0.1) is 0 Å². The van der Waals surface area contributed by atoms with Gasteiger partial charge in [-0.05, 0) is 48.9 Å². The van der Waals surface area contributed by atoms with E-state index >= 15 is 0 Å². The molecule has 154 valence electrons. The molecular weight excluding hydrogens is 424 g/mol. The molecule has 0 unspecified atom stereocenters. The maximum atomic E-state index is 12.9. The molecule has 0 heterocycles. The quantitative estimate of drug-likeness (QED) is 0.544. The Hall–Kier alpha value is -3.16. The average molecular weight is 443 g/mol. The Kier molecular flexibility index (Phi) is 6.24. The number of hydrogen-bond acceptors (Lipinski definition) is 4. The predicted octanol–water partition coefficient (Wildman–Crippen LogP) is 4.64. The Balaban J connectivity index is 1.97. The van der Waals surface area contributed by atoms with Crippen molar-refractivity contribution < 1.29 is 18.0 Å². The fourth-order valence-electron chi connectivity index (χ4n) is 2.88. The lowest BCUT2D eigenvalue weighted by molar-refractivity contribution is -0.114. The average Bonchev–Trinajstić information content (AvgIpc) is 2.70. The third-order valence-electron chi connectivity index (χ3n) is 4.33. The molecule has 0 aromatic heterocycles. The largest absolute Gasteiger partial charge is 0.326 e. The summed E-state index contributed by atoms with van der Waals surface area (Å²) in [6, 6.07) is 17.3. The highest BCUT2D eigenvalue weighted by molar-refractivity contribution is 7.92. The molecule has 3 rings (SSSR count). The van der Waals surface area contributed by atoms with Crippen molar-refractivity contribution in [1.29, 1.82) is 0 Å². The first-order valence-electron chi connectivity index (χ1n) is 8.98. The van der Waals surface area contributed by atoms with Crippen molar-refractivity contribution >= 4 is 44.7 Å². The van der Waals surface area contributed by atoms with E-state index < -0.39 is 10.0 Å². The van der Waals surface area contributed by atoms with Gasteiger partial charge in [0.2, 0.25) is 5.91 Å². The Labute approximate surface area is 179 Å². The Morgan fingerprint density at radius 2 is 1.57 bits per heavy atom. The van der Waals surface area contributed by atoms with Crippen molar-refractivity contribution in [2.75, 3.05) is 10.0 Å². The minimum Gasteiger partial charge on any atom is -0.326 e. The van der Waals surface area contributed by atoms with Gasteiger partial charge in [-0.2, -0.15) is 0 Å². The number of nitrogens with one attached hydrogen (secondary N) is 2. The minimum absolute atomic E-state index is 0.00200. The second-order valence-corrected chi connectivity index (χ2v) is 8.77. The van der Waals surface area contributed by atoms with Gasteiger partial charge in [-0.1, -0.05) is 41.9 Å². The van der Waals surface area contributed by atoms with E-state index in [9.17, 15) is 18.0 Å². The highest BCUT2D eigenvalue weighted by atomic mass is 35.5. The van der Waals surface area contributed by atoms with Crippen LogP contribution in [0.2, 0.25) is 5.02 Å². The van der Waals surface area contributed by atoms with E-state index in [2.05, 4.69) is 10.0 Å². The highest BCUT2D eigenvalue weighted by Gasteiger charge is 2.21. The molecule has 30 heavy (non-hydrogen) atoms. The maximum Gasteiger partial charge on any atom is 0.261 e. The second-order valence-electron chi connectivity index (χ2n) is 6.65. The van der Waals surface area contributed by atoms with E-state index in [4.69, 9.17) is 11.6 Å². The SMILES string of the molecule is CC(=O)Nc1ccc(S(=O)(=O)Nc2ccc(Cl)cc2C(=O)c2ccccc2)cc1C. The van der Waals surface area contributed by atoms with E-state index in [1.54, 1.807) is 37.3 Å². The van der Waals surface area contributed by atoms with Gasteiger partial charge in [0, 0.05) is 28.8 Å². The van der Waals surface area contributed by atoms with Crippen LogP contribution in [0.25, 0.3) is 0 Å². The molecule has 0 fully saturated rings. The molecule has 0 spiro atoms. The normalized spacial score (nSPS) is 11.0. The monoisotopic (exact) mass is 442 g/mol. The Bertz CT molecular complexity index is 1230. The van der Waals surface area contributed by atoms with Gasteiger partial charge in [0.1, 0.15) is 0 Å². The molecule has 0 saturated heterocycles. The van der Waals surface area contributed by atoms with Crippen LogP contribution in [0.1, 0.15) is 28.4 Å². The number of amides is 1. The molecule has 3 aromatic carbocycles. The van der Waals surface area contributed by atoms with Crippen LogP contribution >= 0.6 is 11.6 Å². The summed E-state index contributed by atoms with van der Waals surface area (Å²) in [7, 11) is -3.99. The second kappa shape index (κ2) is 8.69. The number of benzene rings is 3.